The minimum atomic E-state index is -0.563. The van der Waals surface area contributed by atoms with Gasteiger partial charge in [0, 0.05) is 11.8 Å². The molecule has 4 heteroatoms. The van der Waals surface area contributed by atoms with Crippen LogP contribution in [0.25, 0.3) is 0 Å². The second kappa shape index (κ2) is 17.1. The highest BCUT2D eigenvalue weighted by Crippen LogP contribution is 2.77. The molecule has 4 nitrogen and oxygen atoms in total. The van der Waals surface area contributed by atoms with Crippen LogP contribution in [0.2, 0.25) is 0 Å². The van der Waals surface area contributed by atoms with Gasteiger partial charge in [-0.25, -0.2) is 0 Å². The fourth-order valence-corrected chi connectivity index (χ4v) is 14.3. The van der Waals surface area contributed by atoms with E-state index in [-0.39, 0.29) is 39.7 Å². The Balaban J connectivity index is 1.10. The average molecular weight is 721 g/mol. The summed E-state index contributed by atoms with van der Waals surface area (Å²) in [4.78, 5) is 26.2. The molecule has 52 heavy (non-hydrogen) atoms. The van der Waals surface area contributed by atoms with Crippen LogP contribution >= 0.6 is 0 Å². The molecular weight excluding hydrogens is 641 g/mol. The Hall–Kier alpha value is -1.58. The van der Waals surface area contributed by atoms with E-state index < -0.39 is 11.4 Å². The highest BCUT2D eigenvalue weighted by atomic mass is 16.5. The number of aliphatic carboxylic acids is 1. The Kier molecular flexibility index (Phi) is 13.6. The predicted octanol–water partition coefficient (Wildman–Crippen LogP) is 13.7. The third-order valence-corrected chi connectivity index (χ3v) is 17.3. The molecule has 0 amide bonds. The van der Waals surface area contributed by atoms with Gasteiger partial charge in [0.1, 0.15) is 6.10 Å². The van der Waals surface area contributed by atoms with Crippen molar-refractivity contribution in [3.05, 3.63) is 24.3 Å². The zero-order valence-electron chi connectivity index (χ0n) is 35.0. The number of fused-ring (bicyclic) bond motifs is 7. The van der Waals surface area contributed by atoms with E-state index in [9.17, 15) is 14.7 Å². The minimum Gasteiger partial charge on any atom is -0.481 e. The Morgan fingerprint density at radius 1 is 0.712 bits per heavy atom. The third-order valence-electron chi connectivity index (χ3n) is 17.3. The van der Waals surface area contributed by atoms with Crippen LogP contribution in [-0.4, -0.2) is 23.1 Å². The van der Waals surface area contributed by atoms with E-state index in [1.165, 1.54) is 95.5 Å². The highest BCUT2D eigenvalue weighted by Gasteiger charge is 2.72. The van der Waals surface area contributed by atoms with Crippen molar-refractivity contribution in [1.29, 1.82) is 0 Å². The number of hydrogen-bond donors (Lipinski definition) is 1. The molecule has 5 aliphatic carbocycles. The maximum atomic E-state index is 13.2. The number of rotatable bonds is 18. The van der Waals surface area contributed by atoms with Crippen molar-refractivity contribution >= 4 is 11.9 Å². The van der Waals surface area contributed by atoms with Crippen LogP contribution in [0.5, 0.6) is 0 Å². The van der Waals surface area contributed by atoms with Crippen molar-refractivity contribution in [2.24, 2.45) is 56.7 Å². The van der Waals surface area contributed by atoms with E-state index in [2.05, 4.69) is 67.2 Å². The number of carbonyl (C=O) groups excluding carboxylic acids is 1. The van der Waals surface area contributed by atoms with Gasteiger partial charge in [-0.15, -0.1) is 0 Å². The van der Waals surface area contributed by atoms with Gasteiger partial charge >= 0.3 is 11.9 Å². The maximum absolute atomic E-state index is 13.2. The van der Waals surface area contributed by atoms with Crippen molar-refractivity contribution in [2.45, 2.75) is 209 Å². The van der Waals surface area contributed by atoms with Crippen molar-refractivity contribution in [3.63, 3.8) is 0 Å². The molecule has 4 unspecified atom stereocenters. The maximum Gasteiger partial charge on any atom is 0.309 e. The molecule has 0 saturated heterocycles. The van der Waals surface area contributed by atoms with Crippen LogP contribution in [0, 0.1) is 56.7 Å². The van der Waals surface area contributed by atoms with Crippen molar-refractivity contribution < 1.29 is 19.4 Å². The largest absolute Gasteiger partial charge is 0.481 e. The van der Waals surface area contributed by atoms with Crippen molar-refractivity contribution in [3.8, 4) is 0 Å². The van der Waals surface area contributed by atoms with Crippen LogP contribution in [-0.2, 0) is 14.3 Å². The molecule has 0 bridgehead atoms. The van der Waals surface area contributed by atoms with Crippen LogP contribution in [0.15, 0.2) is 24.3 Å². The summed E-state index contributed by atoms with van der Waals surface area (Å²) in [5.74, 6) is 1.62. The van der Waals surface area contributed by atoms with E-state index in [1.54, 1.807) is 0 Å². The number of ether oxygens (including phenoxy) is 1. The van der Waals surface area contributed by atoms with Crippen molar-refractivity contribution in [2.75, 3.05) is 0 Å². The standard InChI is InChI=1S/C48H80O4/c1-9-10-11-12-13-14-15-16-17-18-19-20-21-22-23-24-41(49)52-40-29-30-45(6)38(44(40,4)5)28-31-47(8)39(45)26-25-37-42-36(35(2)3)27-32-48(42,43(50)51)34-33-46(37,47)7/h16-17,36-40,42H,2,9-15,18-34H2,1,3-8H3,(H,50,51)/b17-16-/t36-,37?,38?,39?,40-,42?,45-,46+,47+,48-/m0/s1. The first-order valence-corrected chi connectivity index (χ1v) is 22.4. The normalized spacial score (nSPS) is 39.3. The zero-order valence-corrected chi connectivity index (χ0v) is 35.0. The van der Waals surface area contributed by atoms with Gasteiger partial charge < -0.3 is 9.84 Å². The molecule has 0 spiro atoms. The predicted molar refractivity (Wildman–Crippen MR) is 216 cm³/mol. The number of esters is 1. The van der Waals surface area contributed by atoms with Crippen LogP contribution in [0.3, 0.4) is 0 Å². The van der Waals surface area contributed by atoms with E-state index >= 15 is 0 Å². The summed E-state index contributed by atoms with van der Waals surface area (Å²) in [7, 11) is 0. The van der Waals surface area contributed by atoms with E-state index in [0.29, 0.717) is 30.1 Å². The van der Waals surface area contributed by atoms with Gasteiger partial charge in [-0.2, -0.15) is 0 Å². The first-order chi connectivity index (χ1) is 24.7. The average Bonchev–Trinajstić information content (AvgIpc) is 3.50. The van der Waals surface area contributed by atoms with Gasteiger partial charge in [-0.1, -0.05) is 117 Å². The van der Waals surface area contributed by atoms with E-state index in [1.807, 2.05) is 0 Å². The summed E-state index contributed by atoms with van der Waals surface area (Å²) in [6, 6.07) is 0. The fraction of sp³-hybridized carbons (Fsp3) is 0.875. The molecule has 1 N–H and O–H groups in total. The van der Waals surface area contributed by atoms with Crippen molar-refractivity contribution in [1.82, 2.24) is 0 Å². The molecule has 0 radical (unpaired) electrons. The summed E-state index contributed by atoms with van der Waals surface area (Å²) >= 11 is 0. The second-order valence-corrected chi connectivity index (χ2v) is 20.3. The number of hydrogen-bond acceptors (Lipinski definition) is 3. The zero-order chi connectivity index (χ0) is 37.8. The second-order valence-electron chi connectivity index (χ2n) is 20.3. The number of carboxylic acid groups (broad SMARTS) is 1. The monoisotopic (exact) mass is 721 g/mol. The van der Waals surface area contributed by atoms with E-state index in [0.717, 1.165) is 57.8 Å². The molecule has 5 fully saturated rings. The number of carboxylic acids is 1. The van der Waals surface area contributed by atoms with Gasteiger partial charge in [0.05, 0.1) is 5.41 Å². The number of unbranched alkanes of at least 4 members (excludes halogenated alkanes) is 11. The molecule has 0 aliphatic heterocycles. The summed E-state index contributed by atoms with van der Waals surface area (Å²) in [6.45, 7) is 21.5. The summed E-state index contributed by atoms with van der Waals surface area (Å²) < 4.78 is 6.39. The van der Waals surface area contributed by atoms with E-state index in [4.69, 9.17) is 4.74 Å². The highest BCUT2D eigenvalue weighted by molar-refractivity contribution is 5.76. The van der Waals surface area contributed by atoms with Gasteiger partial charge in [0.2, 0.25) is 0 Å². The van der Waals surface area contributed by atoms with Crippen LogP contribution < -0.4 is 0 Å². The minimum absolute atomic E-state index is 0.00170. The van der Waals surface area contributed by atoms with Gasteiger partial charge in [0.25, 0.3) is 0 Å². The van der Waals surface area contributed by atoms with Gasteiger partial charge in [-0.05, 0) is 149 Å². The lowest BCUT2D eigenvalue weighted by atomic mass is 9.32. The third kappa shape index (κ3) is 7.76. The quantitative estimate of drug-likeness (QED) is 0.0870. The number of carbonyl (C=O) groups is 2. The molecule has 0 aromatic heterocycles. The molecule has 5 aliphatic rings. The number of allylic oxidation sites excluding steroid dienone is 3. The lowest BCUT2D eigenvalue weighted by Gasteiger charge is -2.72. The van der Waals surface area contributed by atoms with Crippen LogP contribution in [0.1, 0.15) is 203 Å². The lowest BCUT2D eigenvalue weighted by molar-refractivity contribution is -0.250. The SMILES string of the molecule is C=C(C)[C@@H]1CC[C@]2(C(=O)O)CC[C@]3(C)C(CCC4[C@@]5(C)CC[C@H](OC(=O)CCCCCCC/C=C\CCCCCCCC)C(C)(C)C5CC[C@]43C)C12. The lowest BCUT2D eigenvalue weighted by Crippen LogP contribution is -2.67. The first kappa shape index (κ1) is 41.6. The molecule has 10 atom stereocenters. The van der Waals surface area contributed by atoms with Gasteiger partial charge in [-0.3, -0.25) is 9.59 Å². The molecule has 0 heterocycles. The summed E-state index contributed by atoms with van der Waals surface area (Å²) in [5.41, 5.74) is 1.13. The Bertz CT molecular complexity index is 1260. The molecular formula is C48H80O4. The summed E-state index contributed by atoms with van der Waals surface area (Å²) in [5, 5.41) is 10.7. The molecule has 5 rings (SSSR count). The Labute approximate surface area is 320 Å². The molecule has 296 valence electrons. The molecule has 0 aromatic rings. The summed E-state index contributed by atoms with van der Waals surface area (Å²) in [6.07, 6.45) is 32.2. The molecule has 0 aromatic carbocycles. The first-order valence-electron chi connectivity index (χ1n) is 22.4. The Morgan fingerprint density at radius 2 is 1.35 bits per heavy atom. The van der Waals surface area contributed by atoms with Gasteiger partial charge in [0.15, 0.2) is 0 Å². The smallest absolute Gasteiger partial charge is 0.309 e. The molecule has 5 saturated carbocycles. The Morgan fingerprint density at radius 3 is 1.98 bits per heavy atom. The fourth-order valence-electron chi connectivity index (χ4n) is 14.3. The topological polar surface area (TPSA) is 63.6 Å². The van der Waals surface area contributed by atoms with Crippen LogP contribution in [0.4, 0.5) is 0 Å².